The summed E-state index contributed by atoms with van der Waals surface area (Å²) in [5.74, 6) is -3.88. The van der Waals surface area contributed by atoms with E-state index in [9.17, 15) is 19.2 Å². The summed E-state index contributed by atoms with van der Waals surface area (Å²) in [5.41, 5.74) is -1.73. The van der Waals surface area contributed by atoms with E-state index in [4.69, 9.17) is 9.47 Å². The van der Waals surface area contributed by atoms with Gasteiger partial charge in [-0.2, -0.15) is 0 Å². The third-order valence-corrected chi connectivity index (χ3v) is 7.31. The molecule has 7 atom stereocenters. The summed E-state index contributed by atoms with van der Waals surface area (Å²) < 4.78 is 10.9. The quantitative estimate of drug-likeness (QED) is 0.397. The highest BCUT2D eigenvalue weighted by molar-refractivity contribution is 6.19. The summed E-state index contributed by atoms with van der Waals surface area (Å²) in [7, 11) is 1.19. The lowest BCUT2D eigenvalue weighted by Gasteiger charge is -2.45. The fourth-order valence-electron chi connectivity index (χ4n) is 5.57. The minimum absolute atomic E-state index is 0.230. The predicted octanol–water partition coefficient (Wildman–Crippen LogP) is 3.30. The number of carbonyl (C=O) groups excluding carboxylic acids is 4. The van der Waals surface area contributed by atoms with Crippen LogP contribution in [-0.4, -0.2) is 36.7 Å². The summed E-state index contributed by atoms with van der Waals surface area (Å²) in [6.07, 6.45) is 8.22. The first-order valence-corrected chi connectivity index (χ1v) is 10.9. The van der Waals surface area contributed by atoms with Gasteiger partial charge in [-0.15, -0.1) is 0 Å². The second-order valence-electron chi connectivity index (χ2n) is 9.44. The van der Waals surface area contributed by atoms with Gasteiger partial charge in [-0.05, 0) is 48.7 Å². The molecule has 0 bridgehead atoms. The van der Waals surface area contributed by atoms with Crippen molar-refractivity contribution in [1.82, 2.24) is 0 Å². The van der Waals surface area contributed by atoms with E-state index in [0.29, 0.717) is 11.8 Å². The minimum Gasteiger partial charge on any atom is -0.468 e. The summed E-state index contributed by atoms with van der Waals surface area (Å²) in [4.78, 5) is 51.9. The average Bonchev–Trinajstić information content (AvgIpc) is 2.70. The molecule has 0 aromatic rings. The first kappa shape index (κ1) is 22.4. The highest BCUT2D eigenvalue weighted by atomic mass is 16.5. The number of ketones is 2. The number of methoxy groups -OCH3 is 1. The Morgan fingerprint density at radius 2 is 1.80 bits per heavy atom. The Kier molecular flexibility index (Phi) is 6.34. The van der Waals surface area contributed by atoms with Crippen LogP contribution in [0.3, 0.4) is 0 Å². The Balaban J connectivity index is 1.95. The van der Waals surface area contributed by atoms with Crippen LogP contribution < -0.4 is 0 Å². The lowest BCUT2D eigenvalue weighted by Crippen LogP contribution is -2.59. The molecule has 0 spiro atoms. The first-order chi connectivity index (χ1) is 14.1. The normalized spacial score (nSPS) is 38.3. The van der Waals surface area contributed by atoms with Crippen molar-refractivity contribution in [3.05, 3.63) is 24.3 Å². The van der Waals surface area contributed by atoms with E-state index in [-0.39, 0.29) is 12.0 Å². The molecule has 0 amide bonds. The molecule has 164 valence electrons. The zero-order valence-corrected chi connectivity index (χ0v) is 18.4. The SMILES string of the molecule is COC(=O)[C@@]12C(=O)C=CC(=O)[C@@H]1[C@H](C(=O)O[C@@H]1C[C@H](C)CC[C@H]1C(C)C)C=C[C@@H]2C. The molecule has 6 heteroatoms. The van der Waals surface area contributed by atoms with Crippen molar-refractivity contribution in [3.8, 4) is 0 Å². The van der Waals surface area contributed by atoms with Gasteiger partial charge in [-0.25, -0.2) is 0 Å². The number of esters is 2. The third kappa shape index (κ3) is 3.54. The van der Waals surface area contributed by atoms with Crippen LogP contribution in [-0.2, 0) is 28.7 Å². The average molecular weight is 417 g/mol. The standard InChI is InChI=1S/C24H32O6/c1-13(2)16-8-6-14(3)12-19(16)30-22(27)17-9-7-15(4)24(23(28)29-5)20(26)11-10-18(25)21(17)24/h7,9-11,13-17,19,21H,6,8,12H2,1-5H3/t14-,15+,16+,17-,19-,21+,24+/m1/s1. The van der Waals surface area contributed by atoms with Gasteiger partial charge in [0.15, 0.2) is 11.6 Å². The van der Waals surface area contributed by atoms with Crippen molar-refractivity contribution in [1.29, 1.82) is 0 Å². The van der Waals surface area contributed by atoms with E-state index in [1.165, 1.54) is 13.2 Å². The lowest BCUT2D eigenvalue weighted by atomic mass is 9.54. The molecule has 30 heavy (non-hydrogen) atoms. The smallest absolute Gasteiger partial charge is 0.321 e. The van der Waals surface area contributed by atoms with Gasteiger partial charge >= 0.3 is 11.9 Å². The molecule has 3 aliphatic rings. The molecule has 6 nitrogen and oxygen atoms in total. The molecule has 3 rings (SSSR count). The molecular weight excluding hydrogens is 384 g/mol. The van der Waals surface area contributed by atoms with E-state index in [0.717, 1.165) is 25.3 Å². The number of hydrogen-bond acceptors (Lipinski definition) is 6. The highest BCUT2D eigenvalue weighted by Gasteiger charge is 2.63. The number of hydrogen-bond donors (Lipinski definition) is 0. The Labute approximate surface area is 178 Å². The van der Waals surface area contributed by atoms with E-state index in [2.05, 4.69) is 20.8 Å². The van der Waals surface area contributed by atoms with Crippen LogP contribution in [0.2, 0.25) is 0 Å². The fraction of sp³-hybridized carbons (Fsp3) is 0.667. The fourth-order valence-corrected chi connectivity index (χ4v) is 5.57. The number of carbonyl (C=O) groups is 4. The van der Waals surface area contributed by atoms with Crippen molar-refractivity contribution in [3.63, 3.8) is 0 Å². The van der Waals surface area contributed by atoms with Crippen molar-refractivity contribution >= 4 is 23.5 Å². The molecule has 1 fully saturated rings. The molecule has 0 saturated heterocycles. The molecular formula is C24H32O6. The van der Waals surface area contributed by atoms with Crippen molar-refractivity contribution in [2.45, 2.75) is 53.1 Å². The van der Waals surface area contributed by atoms with Crippen LogP contribution in [0.4, 0.5) is 0 Å². The van der Waals surface area contributed by atoms with Crippen molar-refractivity contribution < 1.29 is 28.7 Å². The summed E-state index contributed by atoms with van der Waals surface area (Å²) in [6, 6.07) is 0. The largest absolute Gasteiger partial charge is 0.468 e. The monoisotopic (exact) mass is 416 g/mol. The predicted molar refractivity (Wildman–Crippen MR) is 110 cm³/mol. The van der Waals surface area contributed by atoms with Crippen LogP contribution in [0.25, 0.3) is 0 Å². The van der Waals surface area contributed by atoms with Crippen molar-refractivity contribution in [2.75, 3.05) is 7.11 Å². The van der Waals surface area contributed by atoms with Gasteiger partial charge in [0, 0.05) is 0 Å². The summed E-state index contributed by atoms with van der Waals surface area (Å²) in [6.45, 7) is 8.10. The van der Waals surface area contributed by atoms with Gasteiger partial charge in [0.25, 0.3) is 0 Å². The molecule has 0 N–H and O–H groups in total. The Morgan fingerprint density at radius 1 is 1.10 bits per heavy atom. The minimum atomic E-state index is -1.73. The van der Waals surface area contributed by atoms with Crippen LogP contribution in [0, 0.1) is 40.9 Å². The molecule has 0 heterocycles. The Hall–Kier alpha value is -2.24. The molecule has 0 aromatic heterocycles. The van der Waals surface area contributed by atoms with E-state index < -0.39 is 46.7 Å². The zero-order chi connectivity index (χ0) is 22.2. The zero-order valence-electron chi connectivity index (χ0n) is 18.4. The van der Waals surface area contributed by atoms with Gasteiger partial charge < -0.3 is 9.47 Å². The first-order valence-electron chi connectivity index (χ1n) is 10.9. The van der Waals surface area contributed by atoms with Crippen molar-refractivity contribution in [2.24, 2.45) is 40.9 Å². The molecule has 1 saturated carbocycles. The van der Waals surface area contributed by atoms with Crippen LogP contribution >= 0.6 is 0 Å². The van der Waals surface area contributed by atoms with Gasteiger partial charge in [-0.1, -0.05) is 46.3 Å². The van der Waals surface area contributed by atoms with Crippen LogP contribution in [0.1, 0.15) is 47.0 Å². The van der Waals surface area contributed by atoms with E-state index in [1.54, 1.807) is 19.1 Å². The molecule has 0 unspecified atom stereocenters. The topological polar surface area (TPSA) is 86.7 Å². The van der Waals surface area contributed by atoms with E-state index >= 15 is 0 Å². The number of allylic oxidation sites excluding steroid dienone is 3. The maximum absolute atomic E-state index is 13.3. The number of rotatable bonds is 4. The number of fused-ring (bicyclic) bond motifs is 1. The molecule has 0 aromatic carbocycles. The summed E-state index contributed by atoms with van der Waals surface area (Å²) >= 11 is 0. The van der Waals surface area contributed by atoms with Crippen LogP contribution in [0.15, 0.2) is 24.3 Å². The Morgan fingerprint density at radius 3 is 2.43 bits per heavy atom. The maximum atomic E-state index is 13.3. The highest BCUT2D eigenvalue weighted by Crippen LogP contribution is 2.50. The molecule has 0 radical (unpaired) electrons. The van der Waals surface area contributed by atoms with Gasteiger partial charge in [-0.3, -0.25) is 19.2 Å². The lowest BCUT2D eigenvalue weighted by molar-refractivity contribution is -0.175. The van der Waals surface area contributed by atoms with Gasteiger partial charge in [0.2, 0.25) is 0 Å². The molecule has 3 aliphatic carbocycles. The van der Waals surface area contributed by atoms with Gasteiger partial charge in [0.05, 0.1) is 18.9 Å². The number of ether oxygens (including phenoxy) is 2. The van der Waals surface area contributed by atoms with Crippen LogP contribution in [0.5, 0.6) is 0 Å². The maximum Gasteiger partial charge on any atom is 0.321 e. The third-order valence-electron chi connectivity index (χ3n) is 7.31. The van der Waals surface area contributed by atoms with E-state index in [1.807, 2.05) is 0 Å². The Bertz CT molecular complexity index is 794. The molecule has 0 aliphatic heterocycles. The summed E-state index contributed by atoms with van der Waals surface area (Å²) in [5, 5.41) is 0. The van der Waals surface area contributed by atoms with Gasteiger partial charge in [0.1, 0.15) is 11.5 Å². The second kappa shape index (κ2) is 8.48. The second-order valence-corrected chi connectivity index (χ2v) is 9.44.